The maximum atomic E-state index is 12.5. The number of aryl methyl sites for hydroxylation is 3. The second-order valence-electron chi connectivity index (χ2n) is 20.6. The van der Waals surface area contributed by atoms with E-state index in [1.807, 2.05) is 32.6 Å². The van der Waals surface area contributed by atoms with Crippen LogP contribution in [0.5, 0.6) is 17.2 Å². The van der Waals surface area contributed by atoms with Gasteiger partial charge in [-0.1, -0.05) is 248 Å². The number of carboxylic acid groups (broad SMARTS) is 1. The maximum absolute atomic E-state index is 12.5. The number of ether oxygens (including phenoxy) is 3. The van der Waals surface area contributed by atoms with Gasteiger partial charge in [-0.15, -0.1) is 15.3 Å². The van der Waals surface area contributed by atoms with Gasteiger partial charge in [-0.3, -0.25) is 14.0 Å². The van der Waals surface area contributed by atoms with E-state index >= 15 is 0 Å². The van der Waals surface area contributed by atoms with Crippen LogP contribution in [0.2, 0.25) is 0 Å². The van der Waals surface area contributed by atoms with E-state index in [1.165, 1.54) is 211 Å². The molecule has 0 radical (unpaired) electrons. The summed E-state index contributed by atoms with van der Waals surface area (Å²) in [6.07, 6.45) is 52.4. The first-order valence-corrected chi connectivity index (χ1v) is 29.5. The van der Waals surface area contributed by atoms with Crippen LogP contribution in [0.1, 0.15) is 279 Å². The summed E-state index contributed by atoms with van der Waals surface area (Å²) < 4.78 is 24.6. The van der Waals surface area contributed by atoms with Crippen LogP contribution < -0.4 is 14.2 Å². The van der Waals surface area contributed by atoms with Gasteiger partial charge in [0.15, 0.2) is 11.5 Å². The first-order chi connectivity index (χ1) is 35.5. The molecule has 4 rings (SSSR count). The van der Waals surface area contributed by atoms with Crippen LogP contribution in [0.15, 0.2) is 30.7 Å². The molecule has 0 atom stereocenters. The zero-order chi connectivity index (χ0) is 50.9. The van der Waals surface area contributed by atoms with Gasteiger partial charge in [0.25, 0.3) is 0 Å². The van der Waals surface area contributed by atoms with Crippen LogP contribution in [0.4, 0.5) is 0 Å². The molecule has 0 unspecified atom stereocenters. The number of carboxylic acids is 1. The minimum atomic E-state index is -1.11. The number of benzene rings is 1. The molecule has 0 saturated carbocycles. The number of unbranched alkanes of at least 4 members (excludes halogenated alkanes) is 33. The maximum Gasteiger partial charge on any atom is 0.335 e. The second-order valence-corrected chi connectivity index (χ2v) is 20.6. The summed E-state index contributed by atoms with van der Waals surface area (Å²) in [7, 11) is 0. The van der Waals surface area contributed by atoms with Crippen molar-refractivity contribution >= 4 is 5.97 Å². The van der Waals surface area contributed by atoms with Crippen LogP contribution in [0.3, 0.4) is 0 Å². The summed E-state index contributed by atoms with van der Waals surface area (Å²) in [4.78, 5) is 12.5. The van der Waals surface area contributed by atoms with Crippen molar-refractivity contribution in [1.29, 1.82) is 0 Å². The molecule has 0 saturated heterocycles. The molecule has 0 bridgehead atoms. The van der Waals surface area contributed by atoms with Crippen molar-refractivity contribution in [1.82, 2.24) is 45.0 Å². The molecule has 14 heteroatoms. The van der Waals surface area contributed by atoms with Crippen LogP contribution in [0, 0.1) is 0 Å². The van der Waals surface area contributed by atoms with Crippen molar-refractivity contribution in [2.45, 2.75) is 291 Å². The van der Waals surface area contributed by atoms with Crippen LogP contribution in [-0.4, -0.2) is 56.1 Å². The molecule has 14 nitrogen and oxygen atoms in total. The lowest BCUT2D eigenvalue weighted by atomic mass is 10.1. The fraction of sp³-hybridized carbons (Fsp3) is 0.776. The van der Waals surface area contributed by atoms with Crippen molar-refractivity contribution in [3.63, 3.8) is 0 Å². The predicted octanol–water partition coefficient (Wildman–Crippen LogP) is 16.0. The topological polar surface area (TPSA) is 157 Å². The van der Waals surface area contributed by atoms with Crippen LogP contribution >= 0.6 is 0 Å². The number of aromatic nitrogens is 9. The summed E-state index contributed by atoms with van der Waals surface area (Å²) in [5.41, 5.74) is 1.92. The molecule has 0 fully saturated rings. The number of carbonyl (C=O) groups is 1. The highest BCUT2D eigenvalue weighted by Gasteiger charge is 2.21. The Kier molecular flexibility index (Phi) is 33.3. The van der Waals surface area contributed by atoms with Gasteiger partial charge in [0.1, 0.15) is 36.9 Å². The number of nitrogens with zero attached hydrogens (tertiary/aromatic N) is 9. The van der Waals surface area contributed by atoms with E-state index in [0.717, 1.165) is 51.7 Å². The lowest BCUT2D eigenvalue weighted by Gasteiger charge is -2.17. The fourth-order valence-electron chi connectivity index (χ4n) is 9.39. The first kappa shape index (κ1) is 60.1. The highest BCUT2D eigenvalue weighted by Crippen LogP contribution is 2.40. The smallest absolute Gasteiger partial charge is 0.335 e. The Labute approximate surface area is 435 Å². The van der Waals surface area contributed by atoms with Crippen molar-refractivity contribution in [2.75, 3.05) is 0 Å². The Hall–Kier alpha value is -4.49. The molecule has 0 spiro atoms. The molecule has 3 heterocycles. The van der Waals surface area contributed by atoms with Gasteiger partial charge >= 0.3 is 5.97 Å². The average molecular weight is 1000 g/mol. The monoisotopic (exact) mass is 1000 g/mol. The molecule has 0 amide bonds. The molecule has 0 aliphatic rings. The zero-order valence-electron chi connectivity index (χ0n) is 45.7. The summed E-state index contributed by atoms with van der Waals surface area (Å²) in [5, 5.41) is 36.4. The zero-order valence-corrected chi connectivity index (χ0v) is 45.7. The Balaban J connectivity index is 1.29. The predicted molar refractivity (Wildman–Crippen MR) is 290 cm³/mol. The molecule has 1 N–H and O–H groups in total. The standard InChI is InChI=1S/C58H99N9O5/c1-4-7-10-13-16-19-22-25-28-31-34-37-40-65-45-52(59-62-65)48-70-55-43-51(58(68)69)44-56(71-49-53-46-66(63-60-53)41-38-35-32-29-26-23-20-17-14-11-8-5-2)57(55)72-50-54-47-67(64-61-54)42-39-36-33-30-27-24-21-18-15-12-9-6-3/h43-47H,4-42,48-50H2,1-3H3,(H,68,69). The van der Waals surface area contributed by atoms with Crippen molar-refractivity contribution in [3.05, 3.63) is 53.4 Å². The lowest BCUT2D eigenvalue weighted by molar-refractivity contribution is 0.0695. The molecule has 0 aliphatic carbocycles. The second kappa shape index (κ2) is 40.0. The Morgan fingerprint density at radius 2 is 0.639 bits per heavy atom. The van der Waals surface area contributed by atoms with Crippen molar-refractivity contribution in [3.8, 4) is 17.2 Å². The third-order valence-electron chi connectivity index (χ3n) is 13.9. The van der Waals surface area contributed by atoms with E-state index in [1.54, 1.807) is 0 Å². The third kappa shape index (κ3) is 27.5. The Morgan fingerprint density at radius 3 is 0.903 bits per heavy atom. The number of rotatable bonds is 49. The van der Waals surface area contributed by atoms with E-state index in [-0.39, 0.29) is 42.6 Å². The van der Waals surface area contributed by atoms with E-state index in [4.69, 9.17) is 14.2 Å². The molecule has 0 aliphatic heterocycles. The highest BCUT2D eigenvalue weighted by atomic mass is 16.5. The minimum Gasteiger partial charge on any atom is -0.483 e. The third-order valence-corrected chi connectivity index (χ3v) is 13.9. The molecule has 406 valence electrons. The normalized spacial score (nSPS) is 11.5. The molecular formula is C58H99N9O5. The largest absolute Gasteiger partial charge is 0.483 e. The first-order valence-electron chi connectivity index (χ1n) is 29.5. The number of hydrogen-bond acceptors (Lipinski definition) is 10. The molecule has 4 aromatic rings. The Bertz CT molecular complexity index is 1840. The summed E-state index contributed by atoms with van der Waals surface area (Å²) in [6, 6.07) is 2.94. The van der Waals surface area contributed by atoms with Crippen LogP contribution in [0.25, 0.3) is 0 Å². The fourth-order valence-corrected chi connectivity index (χ4v) is 9.39. The SMILES string of the molecule is CCCCCCCCCCCCCCn1cc(COc2cc(C(=O)O)cc(OCc3cn(CCCCCCCCCCCCCC)nn3)c2OCc2cn(CCCCCCCCCCCCCC)nn2)nn1. The van der Waals surface area contributed by atoms with E-state index in [9.17, 15) is 9.90 Å². The Morgan fingerprint density at radius 1 is 0.389 bits per heavy atom. The average Bonchev–Trinajstić information content (AvgIpc) is 4.17. The minimum absolute atomic E-state index is 0.00644. The van der Waals surface area contributed by atoms with Crippen LogP contribution in [-0.2, 0) is 39.5 Å². The summed E-state index contributed by atoms with van der Waals surface area (Å²) in [6.45, 7) is 9.40. The van der Waals surface area contributed by atoms with Gasteiger partial charge in [-0.2, -0.15) is 0 Å². The highest BCUT2D eigenvalue weighted by molar-refractivity contribution is 5.89. The number of hydrogen-bond donors (Lipinski definition) is 1. The van der Waals surface area contributed by atoms with Gasteiger partial charge in [0.05, 0.1) is 24.2 Å². The lowest BCUT2D eigenvalue weighted by Crippen LogP contribution is -2.07. The quantitative estimate of drug-likeness (QED) is 0.0420. The molecular weight excluding hydrogens is 903 g/mol. The van der Waals surface area contributed by atoms with Crippen molar-refractivity contribution < 1.29 is 24.1 Å². The van der Waals surface area contributed by atoms with Gasteiger partial charge < -0.3 is 19.3 Å². The van der Waals surface area contributed by atoms with Gasteiger partial charge in [-0.05, 0) is 31.4 Å². The van der Waals surface area contributed by atoms with E-state index < -0.39 is 5.97 Å². The summed E-state index contributed by atoms with van der Waals surface area (Å²) >= 11 is 0. The van der Waals surface area contributed by atoms with E-state index in [0.29, 0.717) is 17.1 Å². The summed E-state index contributed by atoms with van der Waals surface area (Å²) in [5.74, 6) is -0.401. The number of aromatic carboxylic acids is 1. The van der Waals surface area contributed by atoms with Gasteiger partial charge in [0, 0.05) is 19.6 Å². The molecule has 72 heavy (non-hydrogen) atoms. The molecule has 1 aromatic carbocycles. The van der Waals surface area contributed by atoms with Gasteiger partial charge in [-0.25, -0.2) is 4.79 Å². The van der Waals surface area contributed by atoms with Crippen molar-refractivity contribution in [2.24, 2.45) is 0 Å². The molecule has 3 aromatic heterocycles. The van der Waals surface area contributed by atoms with E-state index in [2.05, 4.69) is 51.7 Å². The van der Waals surface area contributed by atoms with Gasteiger partial charge in [0.2, 0.25) is 5.75 Å².